The van der Waals surface area contributed by atoms with Gasteiger partial charge in [0.1, 0.15) is 0 Å². The van der Waals surface area contributed by atoms with Crippen molar-refractivity contribution in [2.75, 3.05) is 6.16 Å². The molecule has 0 aromatic rings. The van der Waals surface area contributed by atoms with Crippen LogP contribution in [0.2, 0.25) is 0 Å². The molecule has 0 aromatic heterocycles. The normalized spacial score (nSPS) is 14.9. The first-order chi connectivity index (χ1) is 3.56. The molecule has 4 N–H and O–H groups in total. The summed E-state index contributed by atoms with van der Waals surface area (Å²) in [5.41, 5.74) is 0. The molecule has 0 aliphatic carbocycles. The molecule has 0 heterocycles. The van der Waals surface area contributed by atoms with Gasteiger partial charge in [-0.2, -0.15) is 0 Å². The standard InChI is InChI=1S/C3H9O4P/c4-2-1-3-8(5,6)7/h1-2,4-8H,3H2. The van der Waals surface area contributed by atoms with Crippen molar-refractivity contribution in [2.45, 2.75) is 0 Å². The molecule has 0 spiro atoms. The maximum atomic E-state index is 8.24. The van der Waals surface area contributed by atoms with E-state index in [-0.39, 0.29) is 6.16 Å². The average molecular weight is 140 g/mol. The third-order valence-corrected chi connectivity index (χ3v) is 1.28. The Morgan fingerprint density at radius 2 is 1.75 bits per heavy atom. The van der Waals surface area contributed by atoms with Crippen LogP contribution in [0.15, 0.2) is 12.3 Å². The molecule has 0 bridgehead atoms. The number of allylic oxidation sites excluding steroid dienone is 1. The van der Waals surface area contributed by atoms with Crippen LogP contribution in [0.4, 0.5) is 0 Å². The van der Waals surface area contributed by atoms with Gasteiger partial charge in [0.2, 0.25) is 0 Å². The minimum absolute atomic E-state index is 0.260. The van der Waals surface area contributed by atoms with Crippen molar-refractivity contribution in [3.05, 3.63) is 12.3 Å². The summed E-state index contributed by atoms with van der Waals surface area (Å²) in [4.78, 5) is 24.7. The van der Waals surface area contributed by atoms with Crippen molar-refractivity contribution in [3.63, 3.8) is 0 Å². The van der Waals surface area contributed by atoms with Gasteiger partial charge in [-0.05, 0) is 0 Å². The van der Waals surface area contributed by atoms with Crippen molar-refractivity contribution >= 4 is 7.94 Å². The van der Waals surface area contributed by atoms with E-state index in [4.69, 9.17) is 19.8 Å². The first kappa shape index (κ1) is 7.85. The molecule has 0 aromatic carbocycles. The van der Waals surface area contributed by atoms with E-state index in [1.165, 1.54) is 0 Å². The van der Waals surface area contributed by atoms with Crippen LogP contribution >= 0.6 is 7.94 Å². The zero-order valence-corrected chi connectivity index (χ0v) is 5.15. The summed E-state index contributed by atoms with van der Waals surface area (Å²) in [5, 5.41) is 7.94. The first-order valence-electron chi connectivity index (χ1n) is 2.02. The van der Waals surface area contributed by atoms with E-state index in [1.807, 2.05) is 0 Å². The number of aliphatic hydroxyl groups is 1. The predicted molar refractivity (Wildman–Crippen MR) is 31.6 cm³/mol. The minimum atomic E-state index is -3.92. The molecule has 0 saturated carbocycles. The second kappa shape index (κ2) is 2.99. The molecule has 0 saturated heterocycles. The van der Waals surface area contributed by atoms with Crippen molar-refractivity contribution in [1.29, 1.82) is 0 Å². The summed E-state index contributed by atoms with van der Waals surface area (Å²) in [5.74, 6) is 0. The maximum absolute atomic E-state index is 8.24. The van der Waals surface area contributed by atoms with Gasteiger partial charge in [0, 0.05) is 0 Å². The number of hydrogen-bond donors (Lipinski definition) is 4. The van der Waals surface area contributed by atoms with Gasteiger partial charge in [-0.15, -0.1) is 0 Å². The topological polar surface area (TPSA) is 80.9 Å². The second-order valence-electron chi connectivity index (χ2n) is 1.36. The number of aliphatic hydroxyl groups excluding tert-OH is 1. The van der Waals surface area contributed by atoms with Crippen molar-refractivity contribution in [1.82, 2.24) is 0 Å². The monoisotopic (exact) mass is 140 g/mol. The molecule has 0 amide bonds. The third kappa shape index (κ3) is 5.85. The van der Waals surface area contributed by atoms with E-state index in [1.54, 1.807) is 0 Å². The van der Waals surface area contributed by atoms with Crippen LogP contribution in [0.5, 0.6) is 0 Å². The molecule has 0 fully saturated rings. The molecular weight excluding hydrogens is 131 g/mol. The van der Waals surface area contributed by atoms with E-state index < -0.39 is 7.94 Å². The van der Waals surface area contributed by atoms with Crippen LogP contribution in [0.25, 0.3) is 0 Å². The Morgan fingerprint density at radius 3 is 1.88 bits per heavy atom. The second-order valence-corrected chi connectivity index (χ2v) is 3.32. The molecule has 50 valence electrons. The van der Waals surface area contributed by atoms with E-state index >= 15 is 0 Å². The summed E-state index contributed by atoms with van der Waals surface area (Å²) in [6, 6.07) is 0. The Kier molecular flexibility index (Phi) is 2.94. The van der Waals surface area contributed by atoms with Gasteiger partial charge in [0.25, 0.3) is 0 Å². The molecule has 5 heteroatoms. The molecule has 4 nitrogen and oxygen atoms in total. The Hall–Kier alpha value is -0.150. The third-order valence-electron chi connectivity index (χ3n) is 0.497. The van der Waals surface area contributed by atoms with E-state index in [2.05, 4.69) is 0 Å². The Bertz CT molecular complexity index is 83.8. The average Bonchev–Trinajstić information content (AvgIpc) is 1.59. The SMILES string of the molecule is OC=CC[PH](O)(O)O. The summed E-state index contributed by atoms with van der Waals surface area (Å²) in [6.45, 7) is 0. The number of rotatable bonds is 2. The Morgan fingerprint density at radius 1 is 1.25 bits per heavy atom. The zero-order valence-electron chi connectivity index (χ0n) is 4.15. The van der Waals surface area contributed by atoms with Crippen LogP contribution in [0.3, 0.4) is 0 Å². The number of hydrogen-bond acceptors (Lipinski definition) is 4. The van der Waals surface area contributed by atoms with Gasteiger partial charge in [-0.3, -0.25) is 0 Å². The van der Waals surface area contributed by atoms with Gasteiger partial charge in [-0.1, -0.05) is 0 Å². The fourth-order valence-corrected chi connectivity index (χ4v) is 0.632. The molecule has 0 aliphatic rings. The molecule has 0 unspecified atom stereocenters. The molecule has 8 heavy (non-hydrogen) atoms. The Labute approximate surface area is 47.3 Å². The van der Waals surface area contributed by atoms with Crippen molar-refractivity contribution < 1.29 is 19.8 Å². The summed E-state index contributed by atoms with van der Waals surface area (Å²) < 4.78 is 0. The van der Waals surface area contributed by atoms with Crippen molar-refractivity contribution in [3.8, 4) is 0 Å². The quantitative estimate of drug-likeness (QED) is 0.309. The van der Waals surface area contributed by atoms with Crippen molar-refractivity contribution in [2.24, 2.45) is 0 Å². The molecule has 0 rings (SSSR count). The molecule has 0 aliphatic heterocycles. The van der Waals surface area contributed by atoms with Crippen LogP contribution in [0, 0.1) is 0 Å². The summed E-state index contributed by atoms with van der Waals surface area (Å²) >= 11 is 0. The van der Waals surface area contributed by atoms with Crippen LogP contribution < -0.4 is 0 Å². The summed E-state index contributed by atoms with van der Waals surface area (Å²) in [6.07, 6.45) is 1.47. The molecular formula is C3H9O4P. The van der Waals surface area contributed by atoms with E-state index in [0.29, 0.717) is 6.26 Å². The predicted octanol–water partition coefficient (Wildman–Crippen LogP) is -0.470. The fraction of sp³-hybridized carbons (Fsp3) is 0.333. The van der Waals surface area contributed by atoms with Gasteiger partial charge in [0.15, 0.2) is 0 Å². The van der Waals surface area contributed by atoms with Gasteiger partial charge in [0.05, 0.1) is 0 Å². The van der Waals surface area contributed by atoms with Gasteiger partial charge >= 0.3 is 46.2 Å². The van der Waals surface area contributed by atoms with Gasteiger partial charge in [-0.25, -0.2) is 0 Å². The molecule has 0 radical (unpaired) electrons. The zero-order chi connectivity index (χ0) is 6.62. The van der Waals surface area contributed by atoms with E-state index in [9.17, 15) is 0 Å². The Balaban J connectivity index is 3.39. The molecule has 0 atom stereocenters. The van der Waals surface area contributed by atoms with Gasteiger partial charge < -0.3 is 0 Å². The summed E-state index contributed by atoms with van der Waals surface area (Å²) in [7, 11) is -3.92. The fourth-order valence-electron chi connectivity index (χ4n) is 0.211. The van der Waals surface area contributed by atoms with Crippen LogP contribution in [-0.4, -0.2) is 25.9 Å². The van der Waals surface area contributed by atoms with Crippen LogP contribution in [0.1, 0.15) is 0 Å². The first-order valence-corrected chi connectivity index (χ1v) is 4.07. The van der Waals surface area contributed by atoms with Crippen LogP contribution in [-0.2, 0) is 0 Å². The van der Waals surface area contributed by atoms with E-state index in [0.717, 1.165) is 6.08 Å².